The molecule has 26 heavy (non-hydrogen) atoms. The quantitative estimate of drug-likeness (QED) is 0.638. The van der Waals surface area contributed by atoms with Crippen LogP contribution in [0.3, 0.4) is 0 Å². The first kappa shape index (κ1) is 18.4. The van der Waals surface area contributed by atoms with E-state index in [1.54, 1.807) is 16.8 Å². The Bertz CT molecular complexity index is 714. The van der Waals surface area contributed by atoms with Gasteiger partial charge in [0.25, 0.3) is 0 Å². The van der Waals surface area contributed by atoms with Crippen molar-refractivity contribution in [1.29, 1.82) is 0 Å². The van der Waals surface area contributed by atoms with Gasteiger partial charge in [0.1, 0.15) is 5.82 Å². The number of hydrogen-bond acceptors (Lipinski definition) is 2. The normalized spacial score (nSPS) is 20.8. The van der Waals surface area contributed by atoms with Crippen molar-refractivity contribution in [2.75, 3.05) is 13.6 Å². The molecule has 2 N–H and O–H groups in total. The number of guanidine groups is 1. The maximum Gasteiger partial charge on any atom is 0.191 e. The molecule has 1 aromatic heterocycles. The molecule has 0 saturated heterocycles. The fourth-order valence-electron chi connectivity index (χ4n) is 3.33. The predicted octanol–water partition coefficient (Wildman–Crippen LogP) is 3.30. The van der Waals surface area contributed by atoms with Crippen LogP contribution in [-0.4, -0.2) is 35.4 Å². The van der Waals surface area contributed by atoms with E-state index >= 15 is 0 Å². The van der Waals surface area contributed by atoms with Crippen LogP contribution in [0, 0.1) is 11.7 Å². The number of hydrogen-bond donors (Lipinski definition) is 2. The van der Waals surface area contributed by atoms with Crippen molar-refractivity contribution >= 4 is 5.96 Å². The summed E-state index contributed by atoms with van der Waals surface area (Å²) in [5.74, 6) is 1.47. The van der Waals surface area contributed by atoms with E-state index in [0.717, 1.165) is 36.2 Å². The van der Waals surface area contributed by atoms with Crippen molar-refractivity contribution in [2.45, 2.75) is 45.1 Å². The summed E-state index contributed by atoms with van der Waals surface area (Å²) in [7, 11) is 1.81. The maximum absolute atomic E-state index is 13.0. The highest BCUT2D eigenvalue weighted by Crippen LogP contribution is 2.23. The molecular weight excluding hydrogens is 329 g/mol. The first-order chi connectivity index (χ1) is 12.6. The van der Waals surface area contributed by atoms with Gasteiger partial charge in [-0.05, 0) is 61.9 Å². The van der Waals surface area contributed by atoms with Crippen molar-refractivity contribution in [3.05, 3.63) is 48.0 Å². The van der Waals surface area contributed by atoms with Gasteiger partial charge in [-0.15, -0.1) is 0 Å². The summed E-state index contributed by atoms with van der Waals surface area (Å²) >= 11 is 0. The number of aliphatic imine (C=N–C) groups is 1. The first-order valence-corrected chi connectivity index (χ1v) is 9.41. The minimum Gasteiger partial charge on any atom is -0.356 e. The molecule has 1 aromatic carbocycles. The molecule has 0 radical (unpaired) electrons. The molecule has 0 bridgehead atoms. The second-order valence-corrected chi connectivity index (χ2v) is 7.08. The summed E-state index contributed by atoms with van der Waals surface area (Å²) in [5, 5.41) is 11.5. The third kappa shape index (κ3) is 5.07. The molecule has 6 heteroatoms. The number of halogens is 1. The molecule has 0 atom stereocenters. The summed E-state index contributed by atoms with van der Waals surface area (Å²) in [5.41, 5.74) is 1.85. The Kier molecular flexibility index (Phi) is 6.26. The SMILES string of the molecule is CN=C(NCCc1ccn(-c2ccc(F)cc2)n1)NC1CCC(C)CC1. The summed E-state index contributed by atoms with van der Waals surface area (Å²) in [6.45, 7) is 3.09. The number of nitrogens with one attached hydrogen (secondary N) is 2. The molecule has 1 fully saturated rings. The van der Waals surface area contributed by atoms with Crippen LogP contribution in [0.15, 0.2) is 41.5 Å². The molecule has 0 amide bonds. The van der Waals surface area contributed by atoms with Crippen molar-refractivity contribution in [1.82, 2.24) is 20.4 Å². The van der Waals surface area contributed by atoms with E-state index in [4.69, 9.17) is 0 Å². The average molecular weight is 357 g/mol. The van der Waals surface area contributed by atoms with Gasteiger partial charge in [0.05, 0.1) is 11.4 Å². The monoisotopic (exact) mass is 357 g/mol. The molecule has 3 rings (SSSR count). The summed E-state index contributed by atoms with van der Waals surface area (Å²) in [6, 6.07) is 8.85. The number of aromatic nitrogens is 2. The lowest BCUT2D eigenvalue weighted by molar-refractivity contribution is 0.329. The third-order valence-electron chi connectivity index (χ3n) is 4.99. The fraction of sp³-hybridized carbons (Fsp3) is 0.500. The van der Waals surface area contributed by atoms with Crippen LogP contribution in [0.5, 0.6) is 0 Å². The zero-order chi connectivity index (χ0) is 18.4. The van der Waals surface area contributed by atoms with Crippen LogP contribution in [0.4, 0.5) is 4.39 Å². The van der Waals surface area contributed by atoms with Gasteiger partial charge in [-0.2, -0.15) is 5.10 Å². The summed E-state index contributed by atoms with van der Waals surface area (Å²) in [4.78, 5) is 4.33. The van der Waals surface area contributed by atoms with Crippen LogP contribution in [0.1, 0.15) is 38.3 Å². The Balaban J connectivity index is 1.46. The average Bonchev–Trinajstić information content (AvgIpc) is 3.12. The molecule has 0 unspecified atom stereocenters. The van der Waals surface area contributed by atoms with Crippen LogP contribution >= 0.6 is 0 Å². The number of benzene rings is 1. The van der Waals surface area contributed by atoms with Crippen molar-refractivity contribution in [3.8, 4) is 5.69 Å². The van der Waals surface area contributed by atoms with E-state index in [0.29, 0.717) is 6.04 Å². The van der Waals surface area contributed by atoms with Crippen molar-refractivity contribution in [3.63, 3.8) is 0 Å². The van der Waals surface area contributed by atoms with Crippen LogP contribution < -0.4 is 10.6 Å². The molecule has 1 saturated carbocycles. The third-order valence-corrected chi connectivity index (χ3v) is 4.99. The Morgan fingerprint density at radius 1 is 1.19 bits per heavy atom. The van der Waals surface area contributed by atoms with E-state index in [-0.39, 0.29) is 5.82 Å². The molecule has 140 valence electrons. The highest BCUT2D eigenvalue weighted by molar-refractivity contribution is 5.79. The molecule has 5 nitrogen and oxygen atoms in total. The lowest BCUT2D eigenvalue weighted by atomic mass is 9.87. The van der Waals surface area contributed by atoms with Crippen LogP contribution in [-0.2, 0) is 6.42 Å². The highest BCUT2D eigenvalue weighted by atomic mass is 19.1. The van der Waals surface area contributed by atoms with Gasteiger partial charge in [0, 0.05) is 32.3 Å². The zero-order valence-corrected chi connectivity index (χ0v) is 15.6. The van der Waals surface area contributed by atoms with Crippen molar-refractivity contribution in [2.24, 2.45) is 10.9 Å². The topological polar surface area (TPSA) is 54.2 Å². The van der Waals surface area contributed by atoms with Gasteiger partial charge >= 0.3 is 0 Å². The maximum atomic E-state index is 13.0. The molecular formula is C20H28FN5. The largest absolute Gasteiger partial charge is 0.356 e. The Morgan fingerprint density at radius 2 is 1.92 bits per heavy atom. The van der Waals surface area contributed by atoms with E-state index in [1.165, 1.54) is 37.8 Å². The van der Waals surface area contributed by atoms with Crippen LogP contribution in [0.25, 0.3) is 5.69 Å². The van der Waals surface area contributed by atoms with Gasteiger partial charge in [0.2, 0.25) is 0 Å². The molecule has 1 aliphatic carbocycles. The minimum atomic E-state index is -0.239. The van der Waals surface area contributed by atoms with Gasteiger partial charge in [-0.3, -0.25) is 4.99 Å². The Labute approximate surface area is 154 Å². The summed E-state index contributed by atoms with van der Waals surface area (Å²) in [6.07, 6.45) is 7.70. The van der Waals surface area contributed by atoms with Crippen molar-refractivity contribution < 1.29 is 4.39 Å². The molecule has 0 aliphatic heterocycles. The minimum absolute atomic E-state index is 0.239. The predicted molar refractivity (Wildman–Crippen MR) is 103 cm³/mol. The van der Waals surface area contributed by atoms with Crippen LogP contribution in [0.2, 0.25) is 0 Å². The van der Waals surface area contributed by atoms with E-state index in [1.807, 2.05) is 19.3 Å². The van der Waals surface area contributed by atoms with E-state index in [9.17, 15) is 4.39 Å². The molecule has 1 aliphatic rings. The number of nitrogens with zero attached hydrogens (tertiary/aromatic N) is 3. The smallest absolute Gasteiger partial charge is 0.191 e. The van der Waals surface area contributed by atoms with Gasteiger partial charge in [0.15, 0.2) is 5.96 Å². The Hall–Kier alpha value is -2.37. The Morgan fingerprint density at radius 3 is 2.62 bits per heavy atom. The lowest BCUT2D eigenvalue weighted by Gasteiger charge is -2.28. The highest BCUT2D eigenvalue weighted by Gasteiger charge is 2.18. The lowest BCUT2D eigenvalue weighted by Crippen LogP contribution is -2.45. The number of rotatable bonds is 5. The second-order valence-electron chi connectivity index (χ2n) is 7.08. The fourth-order valence-corrected chi connectivity index (χ4v) is 3.33. The van der Waals surface area contributed by atoms with Gasteiger partial charge in [-0.1, -0.05) is 6.92 Å². The first-order valence-electron chi connectivity index (χ1n) is 9.41. The van der Waals surface area contributed by atoms with Gasteiger partial charge in [-0.25, -0.2) is 9.07 Å². The zero-order valence-electron chi connectivity index (χ0n) is 15.6. The van der Waals surface area contributed by atoms with E-state index in [2.05, 4.69) is 27.6 Å². The van der Waals surface area contributed by atoms with E-state index < -0.39 is 0 Å². The molecule has 0 spiro atoms. The second kappa shape index (κ2) is 8.83. The standard InChI is InChI=1S/C20H28FN5/c1-15-3-7-17(8-4-15)24-20(22-2)23-13-11-18-12-14-26(25-18)19-9-5-16(21)6-10-19/h5-6,9-10,12,14-15,17H,3-4,7-8,11,13H2,1-2H3,(H2,22,23,24). The molecule has 1 heterocycles. The summed E-state index contributed by atoms with van der Waals surface area (Å²) < 4.78 is 14.8. The van der Waals surface area contributed by atoms with Gasteiger partial charge < -0.3 is 10.6 Å². The molecule has 2 aromatic rings.